The number of benzene rings is 1. The zero-order valence-electron chi connectivity index (χ0n) is 7.85. The zero-order valence-corrected chi connectivity index (χ0v) is 7.85. The molecule has 6 heteroatoms. The lowest BCUT2D eigenvalue weighted by Crippen LogP contribution is -2.04. The standard InChI is InChI=1S/C9H10FNO4/c10-7-3-1-4-8(11(13)14)9(7)15-6-2-5-12/h1,3-4,12H,2,5-6H2. The summed E-state index contributed by atoms with van der Waals surface area (Å²) < 4.78 is 18.0. The molecular formula is C9H10FNO4. The van der Waals surface area contributed by atoms with E-state index in [-0.39, 0.29) is 19.0 Å². The minimum Gasteiger partial charge on any atom is -0.485 e. The van der Waals surface area contributed by atoms with Gasteiger partial charge < -0.3 is 9.84 Å². The fourth-order valence-electron chi connectivity index (χ4n) is 1.02. The van der Waals surface area contributed by atoms with Crippen molar-refractivity contribution in [3.05, 3.63) is 34.1 Å². The Morgan fingerprint density at radius 2 is 2.27 bits per heavy atom. The average Bonchev–Trinajstić information content (AvgIpc) is 2.20. The van der Waals surface area contributed by atoms with Gasteiger partial charge in [-0.3, -0.25) is 10.1 Å². The molecule has 82 valence electrons. The first-order valence-corrected chi connectivity index (χ1v) is 4.33. The monoisotopic (exact) mass is 215 g/mol. The molecule has 0 aliphatic rings. The molecular weight excluding hydrogens is 205 g/mol. The Labute approximate surface area is 85.3 Å². The summed E-state index contributed by atoms with van der Waals surface area (Å²) >= 11 is 0. The molecule has 0 radical (unpaired) electrons. The van der Waals surface area contributed by atoms with E-state index in [4.69, 9.17) is 9.84 Å². The number of nitrogens with zero attached hydrogens (tertiary/aromatic N) is 1. The predicted octanol–water partition coefficient (Wildman–Crippen LogP) is 1.50. The molecule has 1 aromatic carbocycles. The lowest BCUT2D eigenvalue weighted by molar-refractivity contribution is -0.386. The summed E-state index contributed by atoms with van der Waals surface area (Å²) in [7, 11) is 0. The molecule has 0 unspecified atom stereocenters. The maximum Gasteiger partial charge on any atom is 0.314 e. The van der Waals surface area contributed by atoms with Crippen LogP contribution in [-0.4, -0.2) is 23.2 Å². The third-order valence-electron chi connectivity index (χ3n) is 1.69. The lowest BCUT2D eigenvalue weighted by Gasteiger charge is -2.06. The van der Waals surface area contributed by atoms with Crippen LogP contribution in [0.3, 0.4) is 0 Å². The van der Waals surface area contributed by atoms with E-state index in [1.54, 1.807) is 0 Å². The van der Waals surface area contributed by atoms with Crippen LogP contribution in [0.5, 0.6) is 5.75 Å². The Bertz CT molecular complexity index is 356. The minimum absolute atomic E-state index is 0.0400. The van der Waals surface area contributed by atoms with Crippen LogP contribution in [0.2, 0.25) is 0 Å². The van der Waals surface area contributed by atoms with Gasteiger partial charge in [-0.15, -0.1) is 0 Å². The normalized spacial score (nSPS) is 10.0. The second kappa shape index (κ2) is 5.26. The molecule has 0 saturated heterocycles. The summed E-state index contributed by atoms with van der Waals surface area (Å²) in [4.78, 5) is 9.81. The van der Waals surface area contributed by atoms with Gasteiger partial charge in [-0.1, -0.05) is 6.07 Å². The second-order valence-electron chi connectivity index (χ2n) is 2.77. The van der Waals surface area contributed by atoms with Crippen molar-refractivity contribution in [1.82, 2.24) is 0 Å². The van der Waals surface area contributed by atoms with Crippen LogP contribution in [0.4, 0.5) is 10.1 Å². The fraction of sp³-hybridized carbons (Fsp3) is 0.333. The van der Waals surface area contributed by atoms with Crippen molar-refractivity contribution in [2.45, 2.75) is 6.42 Å². The number of ether oxygens (including phenoxy) is 1. The zero-order chi connectivity index (χ0) is 11.3. The van der Waals surface area contributed by atoms with E-state index in [1.807, 2.05) is 0 Å². The highest BCUT2D eigenvalue weighted by Crippen LogP contribution is 2.29. The van der Waals surface area contributed by atoms with Gasteiger partial charge in [-0.05, 0) is 6.07 Å². The van der Waals surface area contributed by atoms with E-state index in [0.717, 1.165) is 12.1 Å². The molecule has 0 aliphatic carbocycles. The first kappa shape index (κ1) is 11.4. The smallest absolute Gasteiger partial charge is 0.314 e. The van der Waals surface area contributed by atoms with Gasteiger partial charge in [-0.2, -0.15) is 0 Å². The third-order valence-corrected chi connectivity index (χ3v) is 1.69. The van der Waals surface area contributed by atoms with Gasteiger partial charge in [0.25, 0.3) is 0 Å². The van der Waals surface area contributed by atoms with E-state index in [1.165, 1.54) is 6.07 Å². The maximum atomic E-state index is 13.1. The molecule has 1 rings (SSSR count). The number of halogens is 1. The molecule has 0 aromatic heterocycles. The van der Waals surface area contributed by atoms with Gasteiger partial charge in [0.05, 0.1) is 11.5 Å². The molecule has 5 nitrogen and oxygen atoms in total. The van der Waals surface area contributed by atoms with Crippen molar-refractivity contribution >= 4 is 5.69 Å². The van der Waals surface area contributed by atoms with Gasteiger partial charge in [0.2, 0.25) is 5.75 Å². The van der Waals surface area contributed by atoms with Crippen LogP contribution in [0.15, 0.2) is 18.2 Å². The molecule has 0 atom stereocenters. The van der Waals surface area contributed by atoms with Gasteiger partial charge in [0.1, 0.15) is 0 Å². The van der Waals surface area contributed by atoms with Gasteiger partial charge in [0, 0.05) is 19.1 Å². The number of aliphatic hydroxyl groups is 1. The first-order valence-electron chi connectivity index (χ1n) is 4.33. The second-order valence-corrected chi connectivity index (χ2v) is 2.77. The van der Waals surface area contributed by atoms with E-state index in [0.29, 0.717) is 6.42 Å². The van der Waals surface area contributed by atoms with Crippen molar-refractivity contribution in [3.63, 3.8) is 0 Å². The van der Waals surface area contributed by atoms with Crippen molar-refractivity contribution in [3.8, 4) is 5.75 Å². The van der Waals surface area contributed by atoms with Crippen LogP contribution in [0.25, 0.3) is 0 Å². The number of hydrogen-bond donors (Lipinski definition) is 1. The molecule has 0 bridgehead atoms. The van der Waals surface area contributed by atoms with Gasteiger partial charge >= 0.3 is 5.69 Å². The quantitative estimate of drug-likeness (QED) is 0.459. The summed E-state index contributed by atoms with van der Waals surface area (Å²) in [5, 5.41) is 19.0. The van der Waals surface area contributed by atoms with E-state index in [9.17, 15) is 14.5 Å². The molecule has 0 amide bonds. The van der Waals surface area contributed by atoms with Crippen molar-refractivity contribution in [2.75, 3.05) is 13.2 Å². The Morgan fingerprint density at radius 1 is 1.53 bits per heavy atom. The van der Waals surface area contributed by atoms with Gasteiger partial charge in [0.15, 0.2) is 5.82 Å². The van der Waals surface area contributed by atoms with Crippen LogP contribution in [-0.2, 0) is 0 Å². The van der Waals surface area contributed by atoms with Crippen LogP contribution < -0.4 is 4.74 Å². The molecule has 0 heterocycles. The number of rotatable bonds is 5. The fourth-order valence-corrected chi connectivity index (χ4v) is 1.02. The molecule has 0 saturated carbocycles. The van der Waals surface area contributed by atoms with Crippen LogP contribution >= 0.6 is 0 Å². The van der Waals surface area contributed by atoms with Crippen LogP contribution in [0.1, 0.15) is 6.42 Å². The van der Waals surface area contributed by atoms with Crippen LogP contribution in [0, 0.1) is 15.9 Å². The highest BCUT2D eigenvalue weighted by Gasteiger charge is 2.18. The largest absolute Gasteiger partial charge is 0.485 e. The highest BCUT2D eigenvalue weighted by molar-refractivity contribution is 5.46. The molecule has 0 spiro atoms. The SMILES string of the molecule is O=[N+]([O-])c1cccc(F)c1OCCCO. The van der Waals surface area contributed by atoms with E-state index >= 15 is 0 Å². The molecule has 1 aromatic rings. The summed E-state index contributed by atoms with van der Waals surface area (Å²) in [6.45, 7) is -0.0689. The van der Waals surface area contributed by atoms with Crippen molar-refractivity contribution in [2.24, 2.45) is 0 Å². The number of hydrogen-bond acceptors (Lipinski definition) is 4. The molecule has 15 heavy (non-hydrogen) atoms. The number of aliphatic hydroxyl groups excluding tert-OH is 1. The molecule has 0 aliphatic heterocycles. The Balaban J connectivity index is 2.87. The highest BCUT2D eigenvalue weighted by atomic mass is 19.1. The van der Waals surface area contributed by atoms with Gasteiger partial charge in [-0.25, -0.2) is 4.39 Å². The minimum atomic E-state index is -0.776. The Morgan fingerprint density at radius 3 is 2.87 bits per heavy atom. The molecule has 0 fully saturated rings. The van der Waals surface area contributed by atoms with Crippen molar-refractivity contribution in [1.29, 1.82) is 0 Å². The number of para-hydroxylation sites is 1. The predicted molar refractivity (Wildman–Crippen MR) is 50.3 cm³/mol. The number of nitro groups is 1. The summed E-state index contributed by atoms with van der Waals surface area (Å²) in [5.41, 5.74) is -0.409. The third kappa shape index (κ3) is 2.88. The Hall–Kier alpha value is -1.69. The van der Waals surface area contributed by atoms with E-state index in [2.05, 4.69) is 0 Å². The topological polar surface area (TPSA) is 72.6 Å². The summed E-state index contributed by atoms with van der Waals surface area (Å²) in [6, 6.07) is 3.49. The maximum absolute atomic E-state index is 13.1. The Kier molecular flexibility index (Phi) is 3.99. The lowest BCUT2D eigenvalue weighted by atomic mass is 10.3. The summed E-state index contributed by atoms with van der Waals surface area (Å²) in [5.74, 6) is -1.15. The number of nitro benzene ring substituents is 1. The summed E-state index contributed by atoms with van der Waals surface area (Å²) in [6.07, 6.45) is 0.297. The average molecular weight is 215 g/mol. The van der Waals surface area contributed by atoms with E-state index < -0.39 is 16.4 Å². The van der Waals surface area contributed by atoms with Crippen molar-refractivity contribution < 1.29 is 19.2 Å². The first-order chi connectivity index (χ1) is 7.16. The molecule has 1 N–H and O–H groups in total.